The number of hydrogen-bond donors (Lipinski definition) is 0. The third-order valence-corrected chi connectivity index (χ3v) is 5.84. The highest BCUT2D eigenvalue weighted by molar-refractivity contribution is 5.37. The van der Waals surface area contributed by atoms with Gasteiger partial charge in [-0.2, -0.15) is 13.2 Å². The van der Waals surface area contributed by atoms with Crippen LogP contribution >= 0.6 is 0 Å². The van der Waals surface area contributed by atoms with E-state index >= 15 is 0 Å². The predicted octanol–water partition coefficient (Wildman–Crippen LogP) is 6.56. The molecule has 2 aliphatic rings. The van der Waals surface area contributed by atoms with E-state index in [1.807, 2.05) is 42.5 Å². The van der Waals surface area contributed by atoms with Crippen LogP contribution in [0.2, 0.25) is 0 Å². The Balaban J connectivity index is 1.75. The lowest BCUT2D eigenvalue weighted by Crippen LogP contribution is -2.33. The number of halogens is 3. The maximum Gasteiger partial charge on any atom is 0.411 e. The van der Waals surface area contributed by atoms with Crippen LogP contribution in [0.25, 0.3) is 0 Å². The highest BCUT2D eigenvalue weighted by Gasteiger charge is 2.38. The molecule has 0 bridgehead atoms. The first-order valence-corrected chi connectivity index (χ1v) is 9.57. The van der Waals surface area contributed by atoms with E-state index in [0.717, 1.165) is 11.5 Å². The fourth-order valence-corrected chi connectivity index (χ4v) is 4.18. The topological polar surface area (TPSA) is 9.23 Å². The molecule has 0 aromatic heterocycles. The highest BCUT2D eigenvalue weighted by Crippen LogP contribution is 2.41. The zero-order valence-corrected chi connectivity index (χ0v) is 15.3. The largest absolute Gasteiger partial charge is 0.411 e. The molecule has 1 fully saturated rings. The molecule has 1 saturated carbocycles. The Morgan fingerprint density at radius 2 is 1.77 bits per heavy atom. The molecule has 1 aromatic rings. The number of allylic oxidation sites excluding steroid dienone is 2. The summed E-state index contributed by atoms with van der Waals surface area (Å²) in [5.74, 6) is 1.36. The molecule has 1 unspecified atom stereocenters. The number of hydrogen-bond acceptors (Lipinski definition) is 1. The minimum Gasteiger partial charge on any atom is -0.356 e. The van der Waals surface area contributed by atoms with Crippen molar-refractivity contribution >= 4 is 0 Å². The van der Waals surface area contributed by atoms with Gasteiger partial charge in [0.25, 0.3) is 0 Å². The molecule has 1 aromatic carbocycles. The second-order valence-electron chi connectivity index (χ2n) is 7.53. The van der Waals surface area contributed by atoms with Crippen LogP contribution in [0.15, 0.2) is 54.1 Å². The van der Waals surface area contributed by atoms with Gasteiger partial charge in [-0.15, -0.1) is 0 Å². The molecular weight excluding hydrogens is 337 g/mol. The van der Waals surface area contributed by atoms with Crippen molar-refractivity contribution < 1.29 is 17.9 Å². The van der Waals surface area contributed by atoms with Gasteiger partial charge in [-0.3, -0.25) is 0 Å². The van der Waals surface area contributed by atoms with Gasteiger partial charge in [-0.25, -0.2) is 0 Å². The second-order valence-corrected chi connectivity index (χ2v) is 7.53. The third kappa shape index (κ3) is 4.59. The molecule has 26 heavy (non-hydrogen) atoms. The van der Waals surface area contributed by atoms with E-state index in [0.29, 0.717) is 12.3 Å². The van der Waals surface area contributed by atoms with E-state index in [4.69, 9.17) is 4.74 Å². The molecule has 0 amide bonds. The molecule has 0 heterocycles. The molecule has 0 aliphatic heterocycles. The van der Waals surface area contributed by atoms with Crippen molar-refractivity contribution in [1.82, 2.24) is 0 Å². The second kappa shape index (κ2) is 7.99. The molecule has 0 N–H and O–H groups in total. The lowest BCUT2D eigenvalue weighted by atomic mass is 9.74. The Morgan fingerprint density at radius 1 is 1.08 bits per heavy atom. The number of benzene rings is 1. The Kier molecular flexibility index (Phi) is 5.91. The molecule has 0 radical (unpaired) electrons. The van der Waals surface area contributed by atoms with Crippen molar-refractivity contribution in [2.75, 3.05) is 6.61 Å². The summed E-state index contributed by atoms with van der Waals surface area (Å²) < 4.78 is 43.7. The van der Waals surface area contributed by atoms with Gasteiger partial charge in [0.15, 0.2) is 0 Å². The zero-order chi connectivity index (χ0) is 18.6. The average Bonchev–Trinajstić information content (AvgIpc) is 2.67. The Morgan fingerprint density at radius 3 is 2.31 bits per heavy atom. The molecule has 142 valence electrons. The summed E-state index contributed by atoms with van der Waals surface area (Å²) >= 11 is 0. The Bertz CT molecular complexity index is 639. The fourth-order valence-electron chi connectivity index (χ4n) is 4.18. The van der Waals surface area contributed by atoms with Crippen LogP contribution < -0.4 is 0 Å². The van der Waals surface area contributed by atoms with Gasteiger partial charge in [0, 0.05) is 6.42 Å². The van der Waals surface area contributed by atoms with Crippen LogP contribution in [0, 0.1) is 11.8 Å². The van der Waals surface area contributed by atoms with E-state index in [9.17, 15) is 13.2 Å². The quantitative estimate of drug-likeness (QED) is 0.574. The smallest absolute Gasteiger partial charge is 0.356 e. The van der Waals surface area contributed by atoms with Crippen molar-refractivity contribution in [1.29, 1.82) is 0 Å². The standard InChI is InChI=1S/C22H27F3O/c1-2-17-8-10-18(11-9-17)19-12-14-21(15-13-19,26-16-22(23,24)25)20-6-4-3-5-7-20/h3-7,12-14,17-18H,2,8-11,15-16H2,1H3/t17-,18-,21?. The van der Waals surface area contributed by atoms with Gasteiger partial charge in [-0.1, -0.05) is 55.8 Å². The summed E-state index contributed by atoms with van der Waals surface area (Å²) in [6, 6.07) is 9.22. The molecular formula is C22H27F3O. The summed E-state index contributed by atoms with van der Waals surface area (Å²) in [6.07, 6.45) is 8.16. The Hall–Kier alpha value is -1.55. The molecule has 4 heteroatoms. The van der Waals surface area contributed by atoms with Crippen molar-refractivity contribution in [3.8, 4) is 0 Å². The van der Waals surface area contributed by atoms with Gasteiger partial charge in [0.05, 0.1) is 0 Å². The first-order chi connectivity index (χ1) is 12.4. The van der Waals surface area contributed by atoms with Crippen LogP contribution in [0.4, 0.5) is 13.2 Å². The minimum absolute atomic E-state index is 0.451. The maximum atomic E-state index is 12.8. The molecule has 0 spiro atoms. The first kappa shape index (κ1) is 19.2. The summed E-state index contributed by atoms with van der Waals surface area (Å²) in [5.41, 5.74) is 1.01. The van der Waals surface area contributed by atoms with Crippen LogP contribution in [-0.4, -0.2) is 12.8 Å². The first-order valence-electron chi connectivity index (χ1n) is 9.57. The number of alkyl halides is 3. The summed E-state index contributed by atoms with van der Waals surface area (Å²) in [5, 5.41) is 0. The van der Waals surface area contributed by atoms with E-state index in [2.05, 4.69) is 13.0 Å². The van der Waals surface area contributed by atoms with E-state index in [-0.39, 0.29) is 0 Å². The Labute approximate surface area is 153 Å². The normalized spacial score (nSPS) is 29.5. The molecule has 1 nitrogen and oxygen atoms in total. The summed E-state index contributed by atoms with van der Waals surface area (Å²) in [4.78, 5) is 0. The average molecular weight is 364 g/mol. The molecule has 1 atom stereocenters. The summed E-state index contributed by atoms with van der Waals surface area (Å²) in [6.45, 7) is 1.01. The van der Waals surface area contributed by atoms with Crippen molar-refractivity contribution in [2.45, 2.75) is 57.2 Å². The third-order valence-electron chi connectivity index (χ3n) is 5.84. The number of ether oxygens (including phenoxy) is 1. The van der Waals surface area contributed by atoms with E-state index < -0.39 is 18.4 Å². The SMILES string of the molecule is CC[C@H]1CC[C@H](C2=CCC(OCC(F)(F)F)(c3ccccc3)C=C2)CC1. The fraction of sp³-hybridized carbons (Fsp3) is 0.545. The van der Waals surface area contributed by atoms with Crippen LogP contribution in [0.1, 0.15) is 51.0 Å². The van der Waals surface area contributed by atoms with Gasteiger partial charge in [0.2, 0.25) is 0 Å². The van der Waals surface area contributed by atoms with Crippen molar-refractivity contribution in [3.63, 3.8) is 0 Å². The van der Waals surface area contributed by atoms with E-state index in [1.165, 1.54) is 37.7 Å². The van der Waals surface area contributed by atoms with Gasteiger partial charge < -0.3 is 4.74 Å². The molecule has 3 rings (SSSR count). The van der Waals surface area contributed by atoms with Crippen LogP contribution in [-0.2, 0) is 10.3 Å². The van der Waals surface area contributed by atoms with Gasteiger partial charge >= 0.3 is 6.18 Å². The monoisotopic (exact) mass is 364 g/mol. The van der Waals surface area contributed by atoms with E-state index in [1.54, 1.807) is 0 Å². The molecule has 0 saturated heterocycles. The zero-order valence-electron chi connectivity index (χ0n) is 15.3. The lowest BCUT2D eigenvalue weighted by molar-refractivity contribution is -0.199. The lowest BCUT2D eigenvalue weighted by Gasteiger charge is -2.36. The van der Waals surface area contributed by atoms with Crippen molar-refractivity contribution in [2.24, 2.45) is 11.8 Å². The van der Waals surface area contributed by atoms with Crippen LogP contribution in [0.5, 0.6) is 0 Å². The number of rotatable bonds is 5. The minimum atomic E-state index is -4.34. The van der Waals surface area contributed by atoms with Crippen molar-refractivity contribution in [3.05, 3.63) is 59.7 Å². The predicted molar refractivity (Wildman–Crippen MR) is 97.7 cm³/mol. The van der Waals surface area contributed by atoms with Gasteiger partial charge in [0.1, 0.15) is 12.2 Å². The van der Waals surface area contributed by atoms with Gasteiger partial charge in [-0.05, 0) is 54.7 Å². The highest BCUT2D eigenvalue weighted by atomic mass is 19.4. The summed E-state index contributed by atoms with van der Waals surface area (Å²) in [7, 11) is 0. The van der Waals surface area contributed by atoms with Crippen LogP contribution in [0.3, 0.4) is 0 Å². The maximum absolute atomic E-state index is 12.8. The molecule has 2 aliphatic carbocycles.